The van der Waals surface area contributed by atoms with Gasteiger partial charge in [-0.25, -0.2) is 4.68 Å². The highest BCUT2D eigenvalue weighted by atomic mass is 16.5. The summed E-state index contributed by atoms with van der Waals surface area (Å²) < 4.78 is 7.59. The fourth-order valence-electron chi connectivity index (χ4n) is 3.94. The van der Waals surface area contributed by atoms with Gasteiger partial charge in [0.2, 0.25) is 0 Å². The zero-order valence-electron chi connectivity index (χ0n) is 16.7. The number of aryl methyl sites for hydroxylation is 1. The number of anilines is 1. The van der Waals surface area contributed by atoms with Crippen molar-refractivity contribution in [1.29, 1.82) is 0 Å². The Hall–Kier alpha value is -2.79. The molecule has 2 aromatic carbocycles. The van der Waals surface area contributed by atoms with Gasteiger partial charge >= 0.3 is 0 Å². The predicted molar refractivity (Wildman–Crippen MR) is 113 cm³/mol. The lowest BCUT2D eigenvalue weighted by molar-refractivity contribution is 0.281. The molecule has 0 saturated carbocycles. The van der Waals surface area contributed by atoms with E-state index in [4.69, 9.17) is 9.84 Å². The fourth-order valence-corrected chi connectivity index (χ4v) is 3.94. The summed E-state index contributed by atoms with van der Waals surface area (Å²) in [6.45, 7) is 7.17. The highest BCUT2D eigenvalue weighted by Gasteiger charge is 2.19. The summed E-state index contributed by atoms with van der Waals surface area (Å²) in [5, 5.41) is 4.85. The van der Waals surface area contributed by atoms with E-state index >= 15 is 0 Å². The molecule has 0 aliphatic carbocycles. The lowest BCUT2D eigenvalue weighted by Crippen LogP contribution is -2.30. The van der Waals surface area contributed by atoms with E-state index in [2.05, 4.69) is 59.2 Å². The number of hydrogen-bond donors (Lipinski definition) is 0. The van der Waals surface area contributed by atoms with Gasteiger partial charge in [0.15, 0.2) is 0 Å². The summed E-state index contributed by atoms with van der Waals surface area (Å²) in [7, 11) is 1.74. The highest BCUT2D eigenvalue weighted by molar-refractivity contribution is 5.58. The molecule has 0 N–H and O–H groups in total. The first-order valence-electron chi connectivity index (χ1n) is 9.96. The molecule has 28 heavy (non-hydrogen) atoms. The average Bonchev–Trinajstić information content (AvgIpc) is 2.95. The largest absolute Gasteiger partial charge is 0.495 e. The van der Waals surface area contributed by atoms with Crippen molar-refractivity contribution < 1.29 is 4.74 Å². The summed E-state index contributed by atoms with van der Waals surface area (Å²) in [6, 6.07) is 20.8. The van der Waals surface area contributed by atoms with E-state index in [1.165, 1.54) is 11.4 Å². The third-order valence-corrected chi connectivity index (χ3v) is 5.34. The van der Waals surface area contributed by atoms with E-state index in [1.54, 1.807) is 7.11 Å². The minimum absolute atomic E-state index is 0.889. The van der Waals surface area contributed by atoms with Gasteiger partial charge in [-0.05, 0) is 43.7 Å². The third kappa shape index (κ3) is 4.04. The SMILES string of the molecule is COc1ccccc1N1CCCN(Cc2cc(C)n(-c3ccccc3)n2)CC1. The number of hydrogen-bond acceptors (Lipinski definition) is 4. The van der Waals surface area contributed by atoms with Gasteiger partial charge in [-0.3, -0.25) is 4.90 Å². The van der Waals surface area contributed by atoms with E-state index in [0.717, 1.165) is 56.3 Å². The van der Waals surface area contributed by atoms with Crippen molar-refractivity contribution in [3.8, 4) is 11.4 Å². The van der Waals surface area contributed by atoms with Gasteiger partial charge < -0.3 is 9.64 Å². The van der Waals surface area contributed by atoms with Crippen molar-refractivity contribution in [3.05, 3.63) is 72.1 Å². The second-order valence-electron chi connectivity index (χ2n) is 7.31. The van der Waals surface area contributed by atoms with Gasteiger partial charge in [0, 0.05) is 38.4 Å². The van der Waals surface area contributed by atoms with Crippen LogP contribution in [0.1, 0.15) is 17.8 Å². The normalized spacial score (nSPS) is 15.4. The van der Waals surface area contributed by atoms with Crippen molar-refractivity contribution in [3.63, 3.8) is 0 Å². The van der Waals surface area contributed by atoms with Gasteiger partial charge in [0.05, 0.1) is 24.2 Å². The maximum absolute atomic E-state index is 5.55. The first-order valence-corrected chi connectivity index (χ1v) is 9.96. The zero-order valence-corrected chi connectivity index (χ0v) is 16.7. The molecule has 5 nitrogen and oxygen atoms in total. The molecule has 1 saturated heterocycles. The van der Waals surface area contributed by atoms with E-state index in [-0.39, 0.29) is 0 Å². The molecule has 4 rings (SSSR count). The molecular weight excluding hydrogens is 348 g/mol. The smallest absolute Gasteiger partial charge is 0.142 e. The molecule has 0 radical (unpaired) electrons. The van der Waals surface area contributed by atoms with Crippen LogP contribution < -0.4 is 9.64 Å². The maximum Gasteiger partial charge on any atom is 0.142 e. The molecule has 1 fully saturated rings. The van der Waals surface area contributed by atoms with Crippen molar-refractivity contribution in [2.75, 3.05) is 38.2 Å². The lowest BCUT2D eigenvalue weighted by Gasteiger charge is -2.25. The monoisotopic (exact) mass is 376 g/mol. The molecule has 5 heteroatoms. The first kappa shape index (κ1) is 18.6. The molecule has 1 aliphatic rings. The maximum atomic E-state index is 5.55. The van der Waals surface area contributed by atoms with Crippen LogP contribution in [0.2, 0.25) is 0 Å². The summed E-state index contributed by atoms with van der Waals surface area (Å²) in [5.74, 6) is 0.952. The van der Waals surface area contributed by atoms with Crippen LogP contribution in [0, 0.1) is 6.92 Å². The average molecular weight is 377 g/mol. The Morgan fingerprint density at radius 2 is 1.71 bits per heavy atom. The molecule has 0 unspecified atom stereocenters. The molecule has 0 spiro atoms. The van der Waals surface area contributed by atoms with Gasteiger partial charge in [-0.1, -0.05) is 30.3 Å². The van der Waals surface area contributed by atoms with Gasteiger partial charge in [-0.2, -0.15) is 5.10 Å². The Bertz CT molecular complexity index is 906. The fraction of sp³-hybridized carbons (Fsp3) is 0.348. The minimum atomic E-state index is 0.889. The molecular formula is C23H28N4O. The first-order chi connectivity index (χ1) is 13.7. The minimum Gasteiger partial charge on any atom is -0.495 e. The highest BCUT2D eigenvalue weighted by Crippen LogP contribution is 2.28. The summed E-state index contributed by atoms with van der Waals surface area (Å²) in [6.07, 6.45) is 1.14. The Morgan fingerprint density at radius 1 is 0.929 bits per heavy atom. The molecule has 1 aliphatic heterocycles. The Morgan fingerprint density at radius 3 is 2.54 bits per heavy atom. The molecule has 0 amide bonds. The number of rotatable bonds is 5. The van der Waals surface area contributed by atoms with Gasteiger partial charge in [0.25, 0.3) is 0 Å². The van der Waals surface area contributed by atoms with Crippen LogP contribution >= 0.6 is 0 Å². The third-order valence-electron chi connectivity index (χ3n) is 5.34. The summed E-state index contributed by atoms with van der Waals surface area (Å²) in [4.78, 5) is 4.94. The van der Waals surface area contributed by atoms with Crippen LogP contribution in [0.4, 0.5) is 5.69 Å². The van der Waals surface area contributed by atoms with Crippen LogP contribution in [0.3, 0.4) is 0 Å². The van der Waals surface area contributed by atoms with E-state index < -0.39 is 0 Å². The van der Waals surface area contributed by atoms with E-state index in [9.17, 15) is 0 Å². The topological polar surface area (TPSA) is 33.5 Å². The zero-order chi connectivity index (χ0) is 19.3. The number of nitrogens with zero attached hydrogens (tertiary/aromatic N) is 4. The Labute approximate surface area is 167 Å². The second-order valence-corrected chi connectivity index (χ2v) is 7.31. The quantitative estimate of drug-likeness (QED) is 0.676. The number of para-hydroxylation sites is 3. The lowest BCUT2D eigenvalue weighted by atomic mass is 10.2. The van der Waals surface area contributed by atoms with Gasteiger partial charge in [-0.15, -0.1) is 0 Å². The van der Waals surface area contributed by atoms with Crippen LogP contribution in [0.5, 0.6) is 5.75 Å². The molecule has 2 heterocycles. The van der Waals surface area contributed by atoms with Crippen LogP contribution in [-0.4, -0.2) is 48.0 Å². The van der Waals surface area contributed by atoms with Crippen LogP contribution in [0.25, 0.3) is 5.69 Å². The molecule has 0 atom stereocenters. The number of benzene rings is 2. The molecule has 1 aromatic heterocycles. The Balaban J connectivity index is 1.43. The second kappa shape index (κ2) is 8.48. The number of methoxy groups -OCH3 is 1. The standard InChI is InChI=1S/C23H28N4O/c1-19-17-20(24-27(19)21-9-4-3-5-10-21)18-25-13-8-14-26(16-15-25)22-11-6-7-12-23(22)28-2/h3-7,9-12,17H,8,13-16,18H2,1-2H3. The van der Waals surface area contributed by atoms with E-state index in [1.807, 2.05) is 22.9 Å². The van der Waals surface area contributed by atoms with E-state index in [0.29, 0.717) is 0 Å². The van der Waals surface area contributed by atoms with Crippen LogP contribution in [0.15, 0.2) is 60.7 Å². The van der Waals surface area contributed by atoms with Crippen molar-refractivity contribution >= 4 is 5.69 Å². The molecule has 3 aromatic rings. The summed E-state index contributed by atoms with van der Waals surface area (Å²) in [5.41, 5.74) is 4.61. The molecule has 146 valence electrons. The number of aromatic nitrogens is 2. The number of ether oxygens (including phenoxy) is 1. The van der Waals surface area contributed by atoms with Crippen molar-refractivity contribution in [2.24, 2.45) is 0 Å². The van der Waals surface area contributed by atoms with Crippen molar-refractivity contribution in [1.82, 2.24) is 14.7 Å². The Kier molecular flexibility index (Phi) is 5.63. The van der Waals surface area contributed by atoms with Gasteiger partial charge in [0.1, 0.15) is 5.75 Å². The van der Waals surface area contributed by atoms with Crippen molar-refractivity contribution in [2.45, 2.75) is 19.9 Å². The predicted octanol–water partition coefficient (Wildman–Crippen LogP) is 3.90. The molecule has 0 bridgehead atoms. The van der Waals surface area contributed by atoms with Crippen LogP contribution in [-0.2, 0) is 6.54 Å². The summed E-state index contributed by atoms with van der Waals surface area (Å²) >= 11 is 0.